The third kappa shape index (κ3) is 4.89. The second kappa shape index (κ2) is 9.63. The van der Waals surface area contributed by atoms with Crippen LogP contribution < -0.4 is 4.90 Å². The molecule has 0 saturated carbocycles. The van der Waals surface area contributed by atoms with Crippen molar-refractivity contribution in [3.8, 4) is 0 Å². The number of rotatable bonds is 8. The van der Waals surface area contributed by atoms with Crippen LogP contribution in [0.4, 0.5) is 5.13 Å². The van der Waals surface area contributed by atoms with Crippen molar-refractivity contribution >= 4 is 42.4 Å². The van der Waals surface area contributed by atoms with Gasteiger partial charge in [0.1, 0.15) is 0 Å². The first-order chi connectivity index (χ1) is 15.5. The highest BCUT2D eigenvalue weighted by molar-refractivity contribution is 7.91. The first kappa shape index (κ1) is 22.2. The molecule has 0 bridgehead atoms. The summed E-state index contributed by atoms with van der Waals surface area (Å²) in [5.41, 5.74) is 2.99. The molecule has 5 nitrogen and oxygen atoms in total. The maximum Gasteiger partial charge on any atom is 0.230 e. The van der Waals surface area contributed by atoms with Crippen molar-refractivity contribution in [2.24, 2.45) is 0 Å². The highest BCUT2D eigenvalue weighted by Gasteiger charge is 2.24. The number of carbonyl (C=O) groups is 1. The Labute approximate surface area is 192 Å². The maximum absolute atomic E-state index is 13.3. The van der Waals surface area contributed by atoms with Gasteiger partial charge in [-0.3, -0.25) is 9.69 Å². The molecule has 164 valence electrons. The number of para-hydroxylation sites is 1. The zero-order valence-corrected chi connectivity index (χ0v) is 19.4. The molecule has 4 aromatic rings. The van der Waals surface area contributed by atoms with Gasteiger partial charge >= 0.3 is 0 Å². The Balaban J connectivity index is 1.63. The molecule has 1 amide bonds. The summed E-state index contributed by atoms with van der Waals surface area (Å²) in [4.78, 5) is 19.9. The third-order valence-corrected chi connectivity index (χ3v) is 8.05. The minimum atomic E-state index is -3.54. The van der Waals surface area contributed by atoms with Crippen LogP contribution in [0.3, 0.4) is 0 Å². The molecule has 0 aliphatic rings. The Kier molecular flexibility index (Phi) is 6.67. The van der Waals surface area contributed by atoms with Crippen molar-refractivity contribution < 1.29 is 13.2 Å². The summed E-state index contributed by atoms with van der Waals surface area (Å²) in [7, 11) is -3.54. The van der Waals surface area contributed by atoms with E-state index >= 15 is 0 Å². The molecule has 0 radical (unpaired) electrons. The fourth-order valence-corrected chi connectivity index (χ4v) is 5.81. The molecule has 7 heteroatoms. The summed E-state index contributed by atoms with van der Waals surface area (Å²) in [6.45, 7) is 2.42. The minimum Gasteiger partial charge on any atom is -0.284 e. The van der Waals surface area contributed by atoms with Gasteiger partial charge in [-0.05, 0) is 35.7 Å². The molecule has 0 fully saturated rings. The maximum atomic E-state index is 13.3. The molecule has 0 aliphatic heterocycles. The lowest BCUT2D eigenvalue weighted by Gasteiger charge is -2.20. The average Bonchev–Trinajstić information content (AvgIpc) is 3.26. The number of aryl methyl sites for hydroxylation is 1. The van der Waals surface area contributed by atoms with Gasteiger partial charge in [-0.15, -0.1) is 0 Å². The van der Waals surface area contributed by atoms with Gasteiger partial charge in [0.15, 0.2) is 15.0 Å². The first-order valence-corrected chi connectivity index (χ1v) is 13.0. The van der Waals surface area contributed by atoms with E-state index in [0.717, 1.165) is 27.8 Å². The van der Waals surface area contributed by atoms with Gasteiger partial charge in [0.2, 0.25) is 5.91 Å². The van der Waals surface area contributed by atoms with Gasteiger partial charge in [0, 0.05) is 6.42 Å². The van der Waals surface area contributed by atoms with E-state index in [9.17, 15) is 13.2 Å². The van der Waals surface area contributed by atoms with Crippen LogP contribution in [-0.2, 0) is 27.6 Å². The second-order valence-electron chi connectivity index (χ2n) is 7.46. The van der Waals surface area contributed by atoms with Crippen LogP contribution in [0.25, 0.3) is 10.2 Å². The van der Waals surface area contributed by atoms with Crippen LogP contribution in [0.15, 0.2) is 83.8 Å². The number of hydrogen-bond donors (Lipinski definition) is 0. The van der Waals surface area contributed by atoms with Crippen LogP contribution in [0.1, 0.15) is 24.5 Å². The van der Waals surface area contributed by atoms with Crippen molar-refractivity contribution in [2.75, 3.05) is 10.7 Å². The molecule has 1 aromatic heterocycles. The van der Waals surface area contributed by atoms with Crippen molar-refractivity contribution in [2.45, 2.75) is 31.2 Å². The van der Waals surface area contributed by atoms with Gasteiger partial charge in [-0.2, -0.15) is 0 Å². The summed E-state index contributed by atoms with van der Waals surface area (Å²) < 4.78 is 26.4. The summed E-state index contributed by atoms with van der Waals surface area (Å²) in [6, 6.07) is 24.0. The van der Waals surface area contributed by atoms with Crippen LogP contribution in [-0.4, -0.2) is 25.1 Å². The molecule has 1 heterocycles. The summed E-state index contributed by atoms with van der Waals surface area (Å²) in [6.07, 6.45) is 0.739. The quantitative estimate of drug-likeness (QED) is 0.357. The van der Waals surface area contributed by atoms with Gasteiger partial charge in [0.25, 0.3) is 0 Å². The Hall–Kier alpha value is -3.03. The number of amides is 1. The number of sulfone groups is 1. The number of carbonyl (C=O) groups excluding carboxylic acids is 1. The van der Waals surface area contributed by atoms with Crippen molar-refractivity contribution in [1.29, 1.82) is 0 Å². The number of benzene rings is 3. The van der Waals surface area contributed by atoms with Gasteiger partial charge in [0.05, 0.1) is 27.4 Å². The highest BCUT2D eigenvalue weighted by atomic mass is 32.2. The van der Waals surface area contributed by atoms with E-state index in [4.69, 9.17) is 4.98 Å². The first-order valence-electron chi connectivity index (χ1n) is 10.5. The fraction of sp³-hybridized carbons (Fsp3) is 0.200. The molecule has 4 rings (SSSR count). The topological polar surface area (TPSA) is 67.3 Å². The number of thiazole rings is 1. The zero-order chi connectivity index (χ0) is 22.6. The van der Waals surface area contributed by atoms with Crippen molar-refractivity contribution in [1.82, 2.24) is 4.98 Å². The Bertz CT molecular complexity index is 1320. The van der Waals surface area contributed by atoms with E-state index < -0.39 is 9.84 Å². The van der Waals surface area contributed by atoms with Gasteiger partial charge < -0.3 is 0 Å². The SMILES string of the molecule is CCc1cccc2sc(N(Cc3ccccc3)C(=O)CCS(=O)(=O)c3ccccc3)nc12. The Morgan fingerprint density at radius 1 is 0.938 bits per heavy atom. The highest BCUT2D eigenvalue weighted by Crippen LogP contribution is 2.32. The molecule has 0 saturated heterocycles. The summed E-state index contributed by atoms with van der Waals surface area (Å²) in [5.74, 6) is -0.503. The summed E-state index contributed by atoms with van der Waals surface area (Å²) in [5, 5.41) is 0.590. The van der Waals surface area contributed by atoms with E-state index in [-0.39, 0.29) is 23.0 Å². The molecule has 0 N–H and O–H groups in total. The molecule has 3 aromatic carbocycles. The van der Waals surface area contributed by atoms with Crippen molar-refractivity contribution in [3.63, 3.8) is 0 Å². The smallest absolute Gasteiger partial charge is 0.230 e. The lowest BCUT2D eigenvalue weighted by atomic mass is 10.1. The number of hydrogen-bond acceptors (Lipinski definition) is 5. The van der Waals surface area contributed by atoms with E-state index in [1.165, 1.54) is 11.3 Å². The van der Waals surface area contributed by atoms with Gasteiger partial charge in [-0.25, -0.2) is 13.4 Å². The average molecular weight is 465 g/mol. The van der Waals surface area contributed by atoms with Crippen LogP contribution in [0.2, 0.25) is 0 Å². The van der Waals surface area contributed by atoms with Crippen molar-refractivity contribution in [3.05, 3.63) is 90.0 Å². The molecular formula is C25H24N2O3S2. The predicted molar refractivity (Wildman–Crippen MR) is 130 cm³/mol. The number of nitrogens with zero attached hydrogens (tertiary/aromatic N) is 2. The summed E-state index contributed by atoms with van der Waals surface area (Å²) >= 11 is 1.46. The fourth-order valence-electron chi connectivity index (χ4n) is 3.53. The van der Waals surface area contributed by atoms with Gasteiger partial charge in [-0.1, -0.05) is 78.9 Å². The number of aromatic nitrogens is 1. The number of fused-ring (bicyclic) bond motifs is 1. The minimum absolute atomic E-state index is 0.110. The van der Waals surface area contributed by atoms with E-state index in [2.05, 4.69) is 6.92 Å². The molecular weight excluding hydrogens is 440 g/mol. The third-order valence-electron chi connectivity index (χ3n) is 5.27. The molecule has 0 aliphatic carbocycles. The normalized spacial score (nSPS) is 11.5. The van der Waals surface area contributed by atoms with Crippen LogP contribution in [0, 0.1) is 0 Å². The van der Waals surface area contributed by atoms with Crippen LogP contribution in [0.5, 0.6) is 0 Å². The van der Waals surface area contributed by atoms with E-state index in [1.807, 2.05) is 48.5 Å². The molecule has 0 unspecified atom stereocenters. The lowest BCUT2D eigenvalue weighted by Crippen LogP contribution is -2.31. The molecule has 32 heavy (non-hydrogen) atoms. The van der Waals surface area contributed by atoms with Crippen LogP contribution >= 0.6 is 11.3 Å². The Morgan fingerprint density at radius 2 is 1.62 bits per heavy atom. The van der Waals surface area contributed by atoms with E-state index in [0.29, 0.717) is 11.7 Å². The van der Waals surface area contributed by atoms with E-state index in [1.54, 1.807) is 35.2 Å². The standard InChI is InChI=1S/C25H24N2O3S2/c1-2-20-12-9-15-22-24(20)26-25(31-22)27(18-19-10-5-3-6-11-19)23(28)16-17-32(29,30)21-13-7-4-8-14-21/h3-15H,2,16-18H2,1H3. The molecule has 0 spiro atoms. The zero-order valence-electron chi connectivity index (χ0n) is 17.8. The monoisotopic (exact) mass is 464 g/mol. The Morgan fingerprint density at radius 3 is 2.31 bits per heavy atom. The lowest BCUT2D eigenvalue weighted by molar-refractivity contribution is -0.118. The second-order valence-corrected chi connectivity index (χ2v) is 10.6. The molecule has 0 atom stereocenters. The largest absolute Gasteiger partial charge is 0.284 e. The predicted octanol–water partition coefficient (Wildman–Crippen LogP) is 5.26. The number of anilines is 1.